The van der Waals surface area contributed by atoms with Crippen molar-refractivity contribution in [3.63, 3.8) is 0 Å². The smallest absolute Gasteiger partial charge is 0.274 e. The second-order valence-corrected chi connectivity index (χ2v) is 9.49. The number of piperazine rings is 1. The number of aromatic nitrogens is 3. The maximum absolute atomic E-state index is 14.6. The predicted octanol–water partition coefficient (Wildman–Crippen LogP) is 4.16. The van der Waals surface area contributed by atoms with Crippen molar-refractivity contribution in [3.05, 3.63) is 78.6 Å². The van der Waals surface area contributed by atoms with Crippen LogP contribution in [0.3, 0.4) is 0 Å². The molecular formula is C29H27FN6O3. The summed E-state index contributed by atoms with van der Waals surface area (Å²) in [6.45, 7) is 1.73. The summed E-state index contributed by atoms with van der Waals surface area (Å²) in [6, 6.07) is 14.4. The number of carbonyl (C=O) groups is 1. The third-order valence-electron chi connectivity index (χ3n) is 7.23. The quantitative estimate of drug-likeness (QED) is 0.370. The molecule has 2 N–H and O–H groups in total. The molecule has 4 aromatic rings. The highest BCUT2D eigenvalue weighted by atomic mass is 19.1. The van der Waals surface area contributed by atoms with Crippen LogP contribution >= 0.6 is 0 Å². The molecule has 2 fully saturated rings. The zero-order valence-corrected chi connectivity index (χ0v) is 21.5. The second kappa shape index (κ2) is 10.3. The molecule has 2 aliphatic rings. The number of hydrogen-bond donors (Lipinski definition) is 2. The lowest BCUT2D eigenvalue weighted by Crippen LogP contribution is -2.44. The summed E-state index contributed by atoms with van der Waals surface area (Å²) in [5.41, 5.74) is 3.57. The van der Waals surface area contributed by atoms with Gasteiger partial charge >= 0.3 is 0 Å². The first-order chi connectivity index (χ1) is 19.1. The normalized spacial score (nSPS) is 17.8. The van der Waals surface area contributed by atoms with Gasteiger partial charge in [-0.15, -0.1) is 0 Å². The fourth-order valence-electron chi connectivity index (χ4n) is 5.36. The zero-order valence-electron chi connectivity index (χ0n) is 21.5. The molecule has 2 bridgehead atoms. The Hall–Kier alpha value is -4.57. The first-order valence-electron chi connectivity index (χ1n) is 12.7. The lowest BCUT2D eigenvalue weighted by molar-refractivity contribution is 0.102. The molecule has 2 aliphatic heterocycles. The van der Waals surface area contributed by atoms with E-state index < -0.39 is 11.7 Å². The fourth-order valence-corrected chi connectivity index (χ4v) is 5.36. The van der Waals surface area contributed by atoms with Crippen LogP contribution in [0.5, 0.6) is 11.5 Å². The minimum Gasteiger partial charge on any atom is -0.496 e. The number of fused-ring (bicyclic) bond motifs is 2. The second-order valence-electron chi connectivity index (χ2n) is 9.49. The van der Waals surface area contributed by atoms with Crippen molar-refractivity contribution < 1.29 is 18.7 Å². The van der Waals surface area contributed by atoms with E-state index in [-0.39, 0.29) is 22.8 Å². The van der Waals surface area contributed by atoms with E-state index in [0.717, 1.165) is 42.1 Å². The van der Waals surface area contributed by atoms with Gasteiger partial charge in [-0.1, -0.05) is 12.1 Å². The molecule has 0 spiro atoms. The van der Waals surface area contributed by atoms with Crippen LogP contribution in [0.4, 0.5) is 15.8 Å². The van der Waals surface area contributed by atoms with Gasteiger partial charge in [0.25, 0.3) is 5.91 Å². The van der Waals surface area contributed by atoms with E-state index in [1.54, 1.807) is 31.6 Å². The molecule has 198 valence electrons. The van der Waals surface area contributed by atoms with Gasteiger partial charge in [0.05, 0.1) is 31.2 Å². The molecular weight excluding hydrogens is 499 g/mol. The molecule has 10 heteroatoms. The van der Waals surface area contributed by atoms with Crippen LogP contribution in [0, 0.1) is 5.82 Å². The number of halogens is 1. The molecule has 2 aromatic heterocycles. The summed E-state index contributed by atoms with van der Waals surface area (Å²) in [6.07, 6.45) is 5.95. The number of benzene rings is 2. The Morgan fingerprint density at radius 2 is 1.97 bits per heavy atom. The summed E-state index contributed by atoms with van der Waals surface area (Å²) < 4.78 is 25.5. The fraction of sp³-hybridized carbons (Fsp3) is 0.241. The van der Waals surface area contributed by atoms with Crippen molar-refractivity contribution in [2.24, 2.45) is 0 Å². The van der Waals surface area contributed by atoms with Crippen LogP contribution in [0.1, 0.15) is 16.9 Å². The highest BCUT2D eigenvalue weighted by Gasteiger charge is 2.38. The van der Waals surface area contributed by atoms with E-state index in [0.29, 0.717) is 17.8 Å². The molecule has 6 rings (SSSR count). The van der Waals surface area contributed by atoms with Gasteiger partial charge in [0, 0.05) is 49.3 Å². The number of pyridine rings is 1. The number of rotatable bonds is 7. The van der Waals surface area contributed by atoms with E-state index in [1.807, 2.05) is 18.2 Å². The van der Waals surface area contributed by atoms with Crippen LogP contribution in [0.15, 0.2) is 67.1 Å². The molecule has 0 radical (unpaired) electrons. The Morgan fingerprint density at radius 3 is 2.74 bits per heavy atom. The van der Waals surface area contributed by atoms with Gasteiger partial charge in [-0.2, -0.15) is 0 Å². The molecule has 1 amide bonds. The first-order valence-corrected chi connectivity index (χ1v) is 12.7. The lowest BCUT2D eigenvalue weighted by Gasteiger charge is -2.31. The van der Waals surface area contributed by atoms with Crippen molar-refractivity contribution >= 4 is 17.3 Å². The Kier molecular flexibility index (Phi) is 6.54. The number of nitrogens with zero attached hydrogens (tertiary/aromatic N) is 4. The number of amides is 1. The molecule has 39 heavy (non-hydrogen) atoms. The van der Waals surface area contributed by atoms with Crippen LogP contribution in [-0.2, 0) is 0 Å². The van der Waals surface area contributed by atoms with Gasteiger partial charge in [-0.3, -0.25) is 9.78 Å². The Bertz CT molecular complexity index is 1550. The Morgan fingerprint density at radius 1 is 1.10 bits per heavy atom. The SMILES string of the molecule is COc1ccncc1-c1ccc(NC(=O)c2ccnc(-c3c(F)cccc3OC)n2)c(N2C[C@@H]3C[C@H]2CN3)c1. The minimum atomic E-state index is -0.534. The largest absolute Gasteiger partial charge is 0.496 e. The summed E-state index contributed by atoms with van der Waals surface area (Å²) >= 11 is 0. The summed E-state index contributed by atoms with van der Waals surface area (Å²) in [7, 11) is 3.08. The predicted molar refractivity (Wildman–Crippen MR) is 146 cm³/mol. The van der Waals surface area contributed by atoms with E-state index in [2.05, 4.69) is 36.6 Å². The third kappa shape index (κ3) is 4.63. The molecule has 2 saturated heterocycles. The monoisotopic (exact) mass is 526 g/mol. The first kappa shape index (κ1) is 24.7. The molecule has 0 unspecified atom stereocenters. The van der Waals surface area contributed by atoms with Crippen LogP contribution in [-0.4, -0.2) is 60.3 Å². The molecule has 9 nitrogen and oxygen atoms in total. The number of methoxy groups -OCH3 is 2. The number of nitrogens with one attached hydrogen (secondary N) is 2. The molecule has 2 aromatic carbocycles. The van der Waals surface area contributed by atoms with Crippen molar-refractivity contribution in [3.8, 4) is 34.0 Å². The highest BCUT2D eigenvalue weighted by Crippen LogP contribution is 2.39. The average molecular weight is 527 g/mol. The standard InChI is InChI=1S/C29H27FN6O3/c1-38-25-9-10-31-15-20(25)17-6-7-22(24(12-17)36-16-18-13-19(36)14-33-18)35-29(37)23-8-11-32-28(34-23)27-21(30)4-3-5-26(27)39-2/h3-12,15,18-19,33H,13-14,16H2,1-2H3,(H,35,37)/t18-,19-/m0/s1. The molecule has 0 aliphatic carbocycles. The van der Waals surface area contributed by atoms with E-state index >= 15 is 0 Å². The highest BCUT2D eigenvalue weighted by molar-refractivity contribution is 6.05. The summed E-state index contributed by atoms with van der Waals surface area (Å²) in [5, 5.41) is 6.55. The van der Waals surface area contributed by atoms with E-state index in [9.17, 15) is 9.18 Å². The number of anilines is 2. The van der Waals surface area contributed by atoms with E-state index in [4.69, 9.17) is 9.47 Å². The minimum absolute atomic E-state index is 0.0692. The van der Waals surface area contributed by atoms with Gasteiger partial charge in [-0.25, -0.2) is 14.4 Å². The van der Waals surface area contributed by atoms with Gasteiger partial charge in [-0.05, 0) is 48.4 Å². The van der Waals surface area contributed by atoms with Crippen molar-refractivity contribution in [1.29, 1.82) is 0 Å². The lowest BCUT2D eigenvalue weighted by atomic mass is 10.0. The Balaban J connectivity index is 1.35. The zero-order chi connectivity index (χ0) is 26.9. The van der Waals surface area contributed by atoms with Crippen LogP contribution in [0.2, 0.25) is 0 Å². The van der Waals surface area contributed by atoms with Gasteiger partial charge in [0.15, 0.2) is 5.82 Å². The summed E-state index contributed by atoms with van der Waals surface area (Å²) in [5.74, 6) is 0.112. The number of carbonyl (C=O) groups excluding carboxylic acids is 1. The molecule has 4 heterocycles. The maximum Gasteiger partial charge on any atom is 0.274 e. The van der Waals surface area contributed by atoms with E-state index in [1.165, 1.54) is 25.4 Å². The maximum atomic E-state index is 14.6. The van der Waals surface area contributed by atoms with Crippen molar-refractivity contribution in [1.82, 2.24) is 20.3 Å². The van der Waals surface area contributed by atoms with Crippen LogP contribution in [0.25, 0.3) is 22.5 Å². The van der Waals surface area contributed by atoms with Gasteiger partial charge < -0.3 is 25.0 Å². The Labute approximate surface area is 225 Å². The topological polar surface area (TPSA) is 102 Å². The van der Waals surface area contributed by atoms with Crippen LogP contribution < -0.4 is 25.0 Å². The van der Waals surface area contributed by atoms with Crippen molar-refractivity contribution in [2.45, 2.75) is 18.5 Å². The molecule has 2 atom stereocenters. The average Bonchev–Trinajstić information content (AvgIpc) is 3.61. The van der Waals surface area contributed by atoms with Gasteiger partial charge in [0.2, 0.25) is 0 Å². The molecule has 0 saturated carbocycles. The number of hydrogen-bond acceptors (Lipinski definition) is 8. The third-order valence-corrected chi connectivity index (χ3v) is 7.23. The number of ether oxygens (including phenoxy) is 2. The van der Waals surface area contributed by atoms with Crippen molar-refractivity contribution in [2.75, 3.05) is 37.5 Å². The van der Waals surface area contributed by atoms with Gasteiger partial charge in [0.1, 0.15) is 23.0 Å². The summed E-state index contributed by atoms with van der Waals surface area (Å²) in [4.78, 5) is 28.6.